The lowest BCUT2D eigenvalue weighted by atomic mass is 10.4. The van der Waals surface area contributed by atoms with Gasteiger partial charge in [-0.25, -0.2) is 0 Å². The highest BCUT2D eigenvalue weighted by Gasteiger charge is 1.89. The highest BCUT2D eigenvalue weighted by Crippen LogP contribution is 1.94. The van der Waals surface area contributed by atoms with Crippen LogP contribution in [0.25, 0.3) is 0 Å². The van der Waals surface area contributed by atoms with Crippen molar-refractivity contribution in [2.75, 3.05) is 19.8 Å². The Morgan fingerprint density at radius 3 is 2.58 bits per heavy atom. The molecular formula is C10H20O2. The number of allylic oxidation sites excluding steroid dienone is 2. The van der Waals surface area contributed by atoms with Gasteiger partial charge in [-0.3, -0.25) is 0 Å². The number of unbranched alkanes of at least 4 members (excludes halogenated alkanes) is 1. The third-order valence-electron chi connectivity index (χ3n) is 1.61. The van der Waals surface area contributed by atoms with Crippen LogP contribution in [0, 0.1) is 0 Å². The van der Waals surface area contributed by atoms with Gasteiger partial charge < -0.3 is 9.47 Å². The summed E-state index contributed by atoms with van der Waals surface area (Å²) < 4.78 is 10.6. The van der Waals surface area contributed by atoms with Gasteiger partial charge in [0.25, 0.3) is 0 Å². The zero-order valence-corrected chi connectivity index (χ0v) is 8.43. The normalized spacial score (nSPS) is 11.8. The standard InChI is InChI=1S/C10H20O2/c1-4-6-7-11-8-9-12-10(3)5-2/h5H,4,6-9H2,1-3H3/b10-5+. The summed E-state index contributed by atoms with van der Waals surface area (Å²) in [6, 6.07) is 0. The van der Waals surface area contributed by atoms with Crippen molar-refractivity contribution in [1.29, 1.82) is 0 Å². The Balaban J connectivity index is 3.00. The van der Waals surface area contributed by atoms with Gasteiger partial charge in [0.05, 0.1) is 12.4 Å². The molecule has 0 amide bonds. The molecule has 0 heterocycles. The quantitative estimate of drug-likeness (QED) is 0.434. The molecule has 0 N–H and O–H groups in total. The molecule has 0 fully saturated rings. The SMILES string of the molecule is C/C=C(\C)OCCOCCCC. The molecule has 0 aromatic carbocycles. The predicted octanol–water partition coefficient (Wildman–Crippen LogP) is 2.74. The zero-order valence-electron chi connectivity index (χ0n) is 8.43. The van der Waals surface area contributed by atoms with Crippen molar-refractivity contribution in [1.82, 2.24) is 0 Å². The fraction of sp³-hybridized carbons (Fsp3) is 0.800. The van der Waals surface area contributed by atoms with Crippen LogP contribution in [0.2, 0.25) is 0 Å². The summed E-state index contributed by atoms with van der Waals surface area (Å²) in [5.41, 5.74) is 0. The Morgan fingerprint density at radius 2 is 2.00 bits per heavy atom. The highest BCUT2D eigenvalue weighted by atomic mass is 16.5. The number of hydrogen-bond acceptors (Lipinski definition) is 2. The Hall–Kier alpha value is -0.500. The first-order chi connectivity index (χ1) is 5.81. The summed E-state index contributed by atoms with van der Waals surface area (Å²) in [4.78, 5) is 0. The molecule has 0 rings (SSSR count). The number of ether oxygens (including phenoxy) is 2. The molecule has 0 saturated carbocycles. The molecule has 0 saturated heterocycles. The molecular weight excluding hydrogens is 152 g/mol. The second-order valence-electron chi connectivity index (χ2n) is 2.71. The fourth-order valence-electron chi connectivity index (χ4n) is 0.693. The Kier molecular flexibility index (Phi) is 8.24. The van der Waals surface area contributed by atoms with Crippen LogP contribution in [0.3, 0.4) is 0 Å². The van der Waals surface area contributed by atoms with Gasteiger partial charge in [-0.1, -0.05) is 19.4 Å². The Morgan fingerprint density at radius 1 is 1.25 bits per heavy atom. The molecule has 0 aliphatic carbocycles. The van der Waals surface area contributed by atoms with Crippen LogP contribution in [-0.2, 0) is 9.47 Å². The van der Waals surface area contributed by atoms with E-state index in [1.54, 1.807) is 0 Å². The molecule has 0 aromatic heterocycles. The molecule has 0 aliphatic rings. The molecule has 0 aromatic rings. The van der Waals surface area contributed by atoms with Gasteiger partial charge in [0.2, 0.25) is 0 Å². The predicted molar refractivity (Wildman–Crippen MR) is 51.1 cm³/mol. The van der Waals surface area contributed by atoms with Crippen molar-refractivity contribution in [2.24, 2.45) is 0 Å². The minimum Gasteiger partial charge on any atom is -0.496 e. The van der Waals surface area contributed by atoms with Crippen molar-refractivity contribution >= 4 is 0 Å². The summed E-state index contributed by atoms with van der Waals surface area (Å²) >= 11 is 0. The lowest BCUT2D eigenvalue weighted by Gasteiger charge is -2.06. The van der Waals surface area contributed by atoms with Crippen LogP contribution in [0.5, 0.6) is 0 Å². The van der Waals surface area contributed by atoms with Crippen molar-refractivity contribution < 1.29 is 9.47 Å². The zero-order chi connectivity index (χ0) is 9.23. The van der Waals surface area contributed by atoms with E-state index in [4.69, 9.17) is 9.47 Å². The maximum atomic E-state index is 5.32. The lowest BCUT2D eigenvalue weighted by molar-refractivity contribution is 0.0745. The lowest BCUT2D eigenvalue weighted by Crippen LogP contribution is -2.03. The summed E-state index contributed by atoms with van der Waals surface area (Å²) in [6.07, 6.45) is 4.28. The number of hydrogen-bond donors (Lipinski definition) is 0. The van der Waals surface area contributed by atoms with Gasteiger partial charge in [-0.15, -0.1) is 0 Å². The van der Waals surface area contributed by atoms with E-state index in [0.29, 0.717) is 13.2 Å². The minimum atomic E-state index is 0.667. The average Bonchev–Trinajstić information content (AvgIpc) is 2.10. The first kappa shape index (κ1) is 11.5. The maximum absolute atomic E-state index is 5.32. The monoisotopic (exact) mass is 172 g/mol. The summed E-state index contributed by atoms with van der Waals surface area (Å²) in [5, 5.41) is 0. The van der Waals surface area contributed by atoms with Gasteiger partial charge in [0.1, 0.15) is 6.61 Å². The largest absolute Gasteiger partial charge is 0.496 e. The van der Waals surface area contributed by atoms with Crippen LogP contribution < -0.4 is 0 Å². The summed E-state index contributed by atoms with van der Waals surface area (Å²) in [7, 11) is 0. The Bertz CT molecular complexity index is 119. The van der Waals surface area contributed by atoms with E-state index in [9.17, 15) is 0 Å². The van der Waals surface area contributed by atoms with Crippen molar-refractivity contribution in [3.63, 3.8) is 0 Å². The highest BCUT2D eigenvalue weighted by molar-refractivity contribution is 4.83. The second-order valence-corrected chi connectivity index (χ2v) is 2.71. The van der Waals surface area contributed by atoms with E-state index in [-0.39, 0.29) is 0 Å². The minimum absolute atomic E-state index is 0.667. The van der Waals surface area contributed by atoms with E-state index in [1.807, 2.05) is 19.9 Å². The molecule has 0 radical (unpaired) electrons. The molecule has 0 aliphatic heterocycles. The van der Waals surface area contributed by atoms with Crippen LogP contribution in [0.1, 0.15) is 33.6 Å². The van der Waals surface area contributed by atoms with E-state index in [1.165, 1.54) is 6.42 Å². The topological polar surface area (TPSA) is 18.5 Å². The fourth-order valence-corrected chi connectivity index (χ4v) is 0.693. The Labute approximate surface area is 75.6 Å². The van der Waals surface area contributed by atoms with Crippen LogP contribution in [-0.4, -0.2) is 19.8 Å². The molecule has 72 valence electrons. The first-order valence-electron chi connectivity index (χ1n) is 4.64. The molecule has 0 unspecified atom stereocenters. The van der Waals surface area contributed by atoms with Crippen molar-refractivity contribution in [3.05, 3.63) is 11.8 Å². The molecule has 12 heavy (non-hydrogen) atoms. The van der Waals surface area contributed by atoms with Crippen molar-refractivity contribution in [3.8, 4) is 0 Å². The van der Waals surface area contributed by atoms with Gasteiger partial charge in [0, 0.05) is 6.61 Å². The van der Waals surface area contributed by atoms with E-state index >= 15 is 0 Å². The van der Waals surface area contributed by atoms with Crippen molar-refractivity contribution in [2.45, 2.75) is 33.6 Å². The van der Waals surface area contributed by atoms with Gasteiger partial charge in [-0.2, -0.15) is 0 Å². The first-order valence-corrected chi connectivity index (χ1v) is 4.64. The molecule has 0 atom stereocenters. The van der Waals surface area contributed by atoms with Gasteiger partial charge >= 0.3 is 0 Å². The summed E-state index contributed by atoms with van der Waals surface area (Å²) in [6.45, 7) is 8.29. The van der Waals surface area contributed by atoms with E-state index in [0.717, 1.165) is 18.8 Å². The molecule has 0 spiro atoms. The average molecular weight is 172 g/mol. The molecule has 0 bridgehead atoms. The van der Waals surface area contributed by atoms with Crippen LogP contribution >= 0.6 is 0 Å². The van der Waals surface area contributed by atoms with Gasteiger partial charge in [-0.05, 0) is 20.3 Å². The van der Waals surface area contributed by atoms with Crippen LogP contribution in [0.15, 0.2) is 11.8 Å². The summed E-state index contributed by atoms with van der Waals surface area (Å²) in [5.74, 6) is 0.967. The third-order valence-corrected chi connectivity index (χ3v) is 1.61. The molecule has 2 heteroatoms. The number of rotatable bonds is 7. The third kappa shape index (κ3) is 7.61. The van der Waals surface area contributed by atoms with E-state index < -0.39 is 0 Å². The second kappa shape index (κ2) is 8.60. The smallest absolute Gasteiger partial charge is 0.111 e. The van der Waals surface area contributed by atoms with E-state index in [2.05, 4.69) is 6.92 Å². The van der Waals surface area contributed by atoms with Crippen LogP contribution in [0.4, 0.5) is 0 Å². The molecule has 2 nitrogen and oxygen atoms in total. The maximum Gasteiger partial charge on any atom is 0.111 e. The van der Waals surface area contributed by atoms with Gasteiger partial charge in [0.15, 0.2) is 0 Å².